The number of rotatable bonds is 3. The van der Waals surface area contributed by atoms with Gasteiger partial charge in [-0.2, -0.15) is 13.2 Å². The van der Waals surface area contributed by atoms with Crippen molar-refractivity contribution in [2.45, 2.75) is 25.6 Å². The molecular weight excluding hydrogens is 275 g/mol. The molecule has 6 heteroatoms. The van der Waals surface area contributed by atoms with E-state index < -0.39 is 17.3 Å². The molecule has 1 N–H and O–H groups in total. The first-order valence-electron chi connectivity index (χ1n) is 5.72. The largest absolute Gasteiger partial charge is 0.443 e. The second kappa shape index (κ2) is 5.30. The zero-order valence-corrected chi connectivity index (χ0v) is 10.9. The predicted molar refractivity (Wildman–Crippen MR) is 67.0 cm³/mol. The molecule has 0 aliphatic heterocycles. The van der Waals surface area contributed by atoms with Crippen LogP contribution in [0.5, 0.6) is 0 Å². The fraction of sp³-hybridized carbons (Fsp3) is 0.308. The summed E-state index contributed by atoms with van der Waals surface area (Å²) in [4.78, 5) is 3.53. The van der Waals surface area contributed by atoms with Crippen LogP contribution in [0.2, 0.25) is 0 Å². The number of aliphatic hydroxyl groups excluding tert-OH is 1. The number of benzene rings is 1. The number of aryl methyl sites for hydroxylation is 1. The Labute approximate surface area is 112 Å². The van der Waals surface area contributed by atoms with Gasteiger partial charge in [-0.3, -0.25) is 0 Å². The van der Waals surface area contributed by atoms with Crippen molar-refractivity contribution in [1.82, 2.24) is 4.98 Å². The number of aromatic nitrogens is 1. The van der Waals surface area contributed by atoms with Crippen LogP contribution in [0.1, 0.15) is 34.0 Å². The highest BCUT2D eigenvalue weighted by atomic mass is 32.1. The second-order valence-corrected chi connectivity index (χ2v) is 5.08. The van der Waals surface area contributed by atoms with Gasteiger partial charge in [0.05, 0.1) is 4.88 Å². The first-order chi connectivity index (χ1) is 8.93. The van der Waals surface area contributed by atoms with Crippen LogP contribution in [0.3, 0.4) is 0 Å². The molecule has 2 nitrogen and oxygen atoms in total. The summed E-state index contributed by atoms with van der Waals surface area (Å²) >= 11 is 0.476. The maximum Gasteiger partial charge on any atom is 0.443 e. The minimum Gasteiger partial charge on any atom is -0.383 e. The monoisotopic (exact) mass is 287 g/mol. The summed E-state index contributed by atoms with van der Waals surface area (Å²) in [5, 5.41) is 9.25. The summed E-state index contributed by atoms with van der Waals surface area (Å²) in [5.74, 6) is 0. The number of thiazole rings is 1. The molecule has 0 aliphatic rings. The van der Waals surface area contributed by atoms with Gasteiger partial charge in [0, 0.05) is 6.20 Å². The lowest BCUT2D eigenvalue weighted by atomic mass is 10.00. The molecule has 2 aromatic rings. The molecule has 1 atom stereocenters. The van der Waals surface area contributed by atoms with E-state index in [2.05, 4.69) is 4.98 Å². The number of halogens is 3. The summed E-state index contributed by atoms with van der Waals surface area (Å²) in [7, 11) is 0. The van der Waals surface area contributed by atoms with Gasteiger partial charge >= 0.3 is 6.18 Å². The van der Waals surface area contributed by atoms with Gasteiger partial charge in [0.1, 0.15) is 6.10 Å². The highest BCUT2D eigenvalue weighted by Gasteiger charge is 2.35. The highest BCUT2D eigenvalue weighted by molar-refractivity contribution is 7.11. The first kappa shape index (κ1) is 14.0. The molecular formula is C13H12F3NOS. The van der Waals surface area contributed by atoms with Crippen LogP contribution in [0.15, 0.2) is 30.5 Å². The van der Waals surface area contributed by atoms with Gasteiger partial charge in [-0.1, -0.05) is 31.2 Å². The van der Waals surface area contributed by atoms with Crippen molar-refractivity contribution in [3.8, 4) is 0 Å². The van der Waals surface area contributed by atoms with Crippen molar-refractivity contribution < 1.29 is 18.3 Å². The van der Waals surface area contributed by atoms with Crippen LogP contribution >= 0.6 is 11.3 Å². The summed E-state index contributed by atoms with van der Waals surface area (Å²) < 4.78 is 37.4. The Bertz CT molecular complexity index is 565. The Kier molecular flexibility index (Phi) is 3.91. The van der Waals surface area contributed by atoms with Crippen molar-refractivity contribution in [2.24, 2.45) is 0 Å². The van der Waals surface area contributed by atoms with E-state index in [0.29, 0.717) is 23.3 Å². The minimum atomic E-state index is -4.47. The van der Waals surface area contributed by atoms with Crippen LogP contribution in [-0.4, -0.2) is 10.1 Å². The smallest absolute Gasteiger partial charge is 0.383 e. The van der Waals surface area contributed by atoms with Crippen molar-refractivity contribution in [3.63, 3.8) is 0 Å². The van der Waals surface area contributed by atoms with E-state index in [1.54, 1.807) is 12.1 Å². The fourth-order valence-corrected chi connectivity index (χ4v) is 2.61. The Morgan fingerprint density at radius 2 is 2.00 bits per heavy atom. The molecule has 1 heterocycles. The molecule has 0 amide bonds. The molecule has 0 spiro atoms. The Hall–Kier alpha value is -1.40. The number of aliphatic hydroxyl groups is 1. The van der Waals surface area contributed by atoms with E-state index in [0.717, 1.165) is 11.8 Å². The normalized spacial score (nSPS) is 13.5. The topological polar surface area (TPSA) is 33.1 Å². The standard InChI is InChI=1S/C13H12F3NOS/c1-2-8-5-3-4-6-9(8)11(18)10-7-17-12(19-10)13(14,15)16/h3-7,11,18H,2H2,1H3. The molecule has 0 saturated carbocycles. The zero-order valence-electron chi connectivity index (χ0n) is 10.1. The van der Waals surface area contributed by atoms with E-state index >= 15 is 0 Å². The molecule has 0 bridgehead atoms. The maximum atomic E-state index is 12.5. The quantitative estimate of drug-likeness (QED) is 0.931. The lowest BCUT2D eigenvalue weighted by molar-refractivity contribution is -0.137. The molecule has 2 rings (SSSR count). The Balaban J connectivity index is 2.34. The van der Waals surface area contributed by atoms with Crippen LogP contribution in [-0.2, 0) is 12.6 Å². The van der Waals surface area contributed by atoms with E-state index in [4.69, 9.17) is 0 Å². The van der Waals surface area contributed by atoms with Crippen LogP contribution in [0.4, 0.5) is 13.2 Å². The van der Waals surface area contributed by atoms with Crippen molar-refractivity contribution in [1.29, 1.82) is 0 Å². The third-order valence-electron chi connectivity index (χ3n) is 2.77. The molecule has 1 aromatic carbocycles. The summed E-state index contributed by atoms with van der Waals surface area (Å²) in [6.07, 6.45) is -3.74. The van der Waals surface area contributed by atoms with E-state index in [9.17, 15) is 18.3 Å². The molecule has 102 valence electrons. The fourth-order valence-electron chi connectivity index (χ4n) is 1.82. The van der Waals surface area contributed by atoms with Gasteiger partial charge in [0.2, 0.25) is 0 Å². The Morgan fingerprint density at radius 3 is 2.58 bits per heavy atom. The van der Waals surface area contributed by atoms with Crippen LogP contribution in [0, 0.1) is 0 Å². The minimum absolute atomic E-state index is 0.202. The van der Waals surface area contributed by atoms with Gasteiger partial charge in [0.25, 0.3) is 0 Å². The summed E-state index contributed by atoms with van der Waals surface area (Å²) in [6.45, 7) is 1.93. The van der Waals surface area contributed by atoms with Crippen molar-refractivity contribution >= 4 is 11.3 Å². The summed E-state index contributed by atoms with van der Waals surface area (Å²) in [5.41, 5.74) is 1.54. The molecule has 1 unspecified atom stereocenters. The predicted octanol–water partition coefficient (Wildman–Crippen LogP) is 3.81. The first-order valence-corrected chi connectivity index (χ1v) is 6.54. The van der Waals surface area contributed by atoms with Crippen LogP contribution in [0.25, 0.3) is 0 Å². The maximum absolute atomic E-state index is 12.5. The SMILES string of the molecule is CCc1ccccc1C(O)c1cnc(C(F)(F)F)s1. The summed E-state index contributed by atoms with van der Waals surface area (Å²) in [6, 6.07) is 7.16. The van der Waals surface area contributed by atoms with Crippen molar-refractivity contribution in [2.75, 3.05) is 0 Å². The third-order valence-corrected chi connectivity index (χ3v) is 3.86. The zero-order chi connectivity index (χ0) is 14.0. The van der Waals surface area contributed by atoms with Gasteiger partial charge < -0.3 is 5.11 Å². The molecule has 0 fully saturated rings. The lowest BCUT2D eigenvalue weighted by Crippen LogP contribution is -2.03. The molecule has 0 radical (unpaired) electrons. The highest BCUT2D eigenvalue weighted by Crippen LogP contribution is 2.36. The van der Waals surface area contributed by atoms with Gasteiger partial charge in [0.15, 0.2) is 5.01 Å². The second-order valence-electron chi connectivity index (χ2n) is 4.02. The number of nitrogens with zero attached hydrogens (tertiary/aromatic N) is 1. The average Bonchev–Trinajstić information content (AvgIpc) is 2.87. The number of hydrogen-bond donors (Lipinski definition) is 1. The lowest BCUT2D eigenvalue weighted by Gasteiger charge is -2.12. The third kappa shape index (κ3) is 2.96. The molecule has 0 saturated heterocycles. The molecule has 19 heavy (non-hydrogen) atoms. The Morgan fingerprint density at radius 1 is 1.32 bits per heavy atom. The average molecular weight is 287 g/mol. The van der Waals surface area contributed by atoms with E-state index in [-0.39, 0.29) is 4.88 Å². The van der Waals surface area contributed by atoms with Crippen molar-refractivity contribution in [3.05, 3.63) is 51.5 Å². The number of alkyl halides is 3. The van der Waals surface area contributed by atoms with Crippen LogP contribution < -0.4 is 0 Å². The number of hydrogen-bond acceptors (Lipinski definition) is 3. The molecule has 1 aromatic heterocycles. The van der Waals surface area contributed by atoms with E-state index in [1.807, 2.05) is 19.1 Å². The van der Waals surface area contributed by atoms with Gasteiger partial charge in [-0.25, -0.2) is 4.98 Å². The molecule has 0 aliphatic carbocycles. The van der Waals surface area contributed by atoms with E-state index in [1.165, 1.54) is 0 Å². The van der Waals surface area contributed by atoms with Gasteiger partial charge in [-0.15, -0.1) is 11.3 Å². The van der Waals surface area contributed by atoms with Gasteiger partial charge in [-0.05, 0) is 17.5 Å².